The molecule has 2 heterocycles. The van der Waals surface area contributed by atoms with Crippen LogP contribution in [0.25, 0.3) is 0 Å². The number of carboxylic acid groups (broad SMARTS) is 2. The summed E-state index contributed by atoms with van der Waals surface area (Å²) in [6, 6.07) is -1.55. The van der Waals surface area contributed by atoms with Crippen molar-refractivity contribution in [3.63, 3.8) is 0 Å². The van der Waals surface area contributed by atoms with Crippen LogP contribution in [-0.4, -0.2) is 161 Å². The monoisotopic (exact) mass is 744 g/mol. The van der Waals surface area contributed by atoms with Crippen molar-refractivity contribution in [2.75, 3.05) is 65.6 Å². The molecule has 0 radical (unpaired) electrons. The van der Waals surface area contributed by atoms with Crippen molar-refractivity contribution in [1.29, 1.82) is 0 Å². The Morgan fingerprint density at radius 3 is 1.24 bits per heavy atom. The first-order valence-corrected chi connectivity index (χ1v) is 16.2. The van der Waals surface area contributed by atoms with Crippen LogP contribution >= 0.6 is 0 Å². The van der Waals surface area contributed by atoms with E-state index in [1.165, 1.54) is 4.90 Å². The molecule has 18 nitrogen and oxygen atoms in total. The summed E-state index contributed by atoms with van der Waals surface area (Å²) in [5.74, 6) is -4.57. The van der Waals surface area contributed by atoms with Crippen molar-refractivity contribution >= 4 is 41.9 Å². The first kappa shape index (κ1) is 46.6. The molecule has 0 unspecified atom stereocenters. The topological polar surface area (TPSA) is 253 Å². The van der Waals surface area contributed by atoms with Crippen LogP contribution in [0.2, 0.25) is 0 Å². The molecule has 6 N–H and O–H groups in total. The second-order valence-corrected chi connectivity index (χ2v) is 12.1. The third kappa shape index (κ3) is 19.5. The van der Waals surface area contributed by atoms with Gasteiger partial charge >= 0.3 is 36.3 Å². The number of hydrogen-bond acceptors (Lipinski definition) is 12. The normalized spacial score (nSPS) is 15.9. The number of esters is 1. The zero-order chi connectivity index (χ0) is 39.5. The highest BCUT2D eigenvalue weighted by Crippen LogP contribution is 2.14. The maximum Gasteiger partial charge on any atom is 0.490 e. The number of aliphatic carboxylic acids is 2. The Kier molecular flexibility index (Phi) is 20.5. The number of alkyl halides is 3. The fraction of sp³-hybridized carbons (Fsp3) is 0.767. The van der Waals surface area contributed by atoms with E-state index in [0.717, 1.165) is 0 Å². The molecule has 2 saturated heterocycles. The average molecular weight is 745 g/mol. The molecule has 21 heteroatoms. The van der Waals surface area contributed by atoms with Gasteiger partial charge in [-0.05, 0) is 47.5 Å². The summed E-state index contributed by atoms with van der Waals surface area (Å²) >= 11 is 0. The first-order chi connectivity index (χ1) is 23.5. The van der Waals surface area contributed by atoms with Crippen molar-refractivity contribution in [1.82, 2.24) is 19.6 Å². The van der Waals surface area contributed by atoms with Gasteiger partial charge in [-0.15, -0.1) is 0 Å². The third-order valence-electron chi connectivity index (χ3n) is 6.86. The van der Waals surface area contributed by atoms with Crippen LogP contribution in [0.5, 0.6) is 0 Å². The van der Waals surface area contributed by atoms with Gasteiger partial charge in [-0.25, -0.2) is 14.4 Å². The zero-order valence-corrected chi connectivity index (χ0v) is 29.6. The van der Waals surface area contributed by atoms with Crippen LogP contribution in [0.1, 0.15) is 60.3 Å². The van der Waals surface area contributed by atoms with E-state index >= 15 is 0 Å². The van der Waals surface area contributed by atoms with Gasteiger partial charge in [0.15, 0.2) is 0 Å². The second kappa shape index (κ2) is 22.4. The van der Waals surface area contributed by atoms with Gasteiger partial charge in [0, 0.05) is 65.2 Å². The summed E-state index contributed by atoms with van der Waals surface area (Å²) in [6.07, 6.45) is -5.49. The lowest BCUT2D eigenvalue weighted by molar-refractivity contribution is -0.192. The molecule has 2 atom stereocenters. The molecule has 51 heavy (non-hydrogen) atoms. The average Bonchev–Trinajstić information content (AvgIpc) is 3.05. The third-order valence-corrected chi connectivity index (χ3v) is 6.86. The lowest BCUT2D eigenvalue weighted by atomic mass is 10.1. The quantitative estimate of drug-likeness (QED) is 0.179. The van der Waals surface area contributed by atoms with Crippen LogP contribution in [0, 0.1) is 0 Å². The van der Waals surface area contributed by atoms with E-state index < -0.39 is 35.8 Å². The second-order valence-electron chi connectivity index (χ2n) is 12.1. The molecule has 2 fully saturated rings. The molecular formula is C30H51F3N6O12. The summed E-state index contributed by atoms with van der Waals surface area (Å²) in [5.41, 5.74) is 11.0. The number of carboxylic acids is 2. The van der Waals surface area contributed by atoms with Gasteiger partial charge in [0.25, 0.3) is 0 Å². The number of carbonyl (C=O) groups is 7. The number of nitrogens with two attached hydrogens (primary N) is 2. The fourth-order valence-electron chi connectivity index (χ4n) is 4.31. The summed E-state index contributed by atoms with van der Waals surface area (Å²) < 4.78 is 46.8. The minimum Gasteiger partial charge on any atom is -0.481 e. The predicted molar refractivity (Wildman–Crippen MR) is 172 cm³/mol. The summed E-state index contributed by atoms with van der Waals surface area (Å²) in [6.45, 7) is 12.7. The van der Waals surface area contributed by atoms with Gasteiger partial charge in [0.1, 0.15) is 5.60 Å². The van der Waals surface area contributed by atoms with E-state index in [1.54, 1.807) is 49.3 Å². The zero-order valence-electron chi connectivity index (χ0n) is 29.6. The van der Waals surface area contributed by atoms with E-state index in [1.807, 2.05) is 0 Å². The minimum atomic E-state index is -5.08. The van der Waals surface area contributed by atoms with Crippen molar-refractivity contribution in [3.05, 3.63) is 0 Å². The highest BCUT2D eigenvalue weighted by atomic mass is 19.4. The molecule has 0 spiro atoms. The number of halogens is 3. The van der Waals surface area contributed by atoms with Crippen molar-refractivity contribution in [2.24, 2.45) is 11.5 Å². The Labute approximate surface area is 294 Å². The van der Waals surface area contributed by atoms with Crippen molar-refractivity contribution in [3.8, 4) is 0 Å². The number of ether oxygens (including phenoxy) is 3. The van der Waals surface area contributed by atoms with Crippen molar-refractivity contribution < 1.29 is 71.2 Å². The molecule has 0 aromatic heterocycles. The molecule has 0 aliphatic carbocycles. The number of amides is 4. The van der Waals surface area contributed by atoms with Crippen LogP contribution < -0.4 is 11.5 Å². The maximum absolute atomic E-state index is 12.3. The van der Waals surface area contributed by atoms with Crippen molar-refractivity contribution in [2.45, 2.75) is 84.2 Å². The Morgan fingerprint density at radius 1 is 0.647 bits per heavy atom. The van der Waals surface area contributed by atoms with Gasteiger partial charge in [-0.1, -0.05) is 0 Å². The number of hydrogen-bond donors (Lipinski definition) is 4. The summed E-state index contributed by atoms with van der Waals surface area (Å²) in [5, 5.41) is 15.7. The first-order valence-electron chi connectivity index (χ1n) is 16.2. The van der Waals surface area contributed by atoms with Gasteiger partial charge in [0.05, 0.1) is 25.3 Å². The van der Waals surface area contributed by atoms with Crippen LogP contribution in [0.3, 0.4) is 0 Å². The molecule has 0 bridgehead atoms. The van der Waals surface area contributed by atoms with E-state index in [0.29, 0.717) is 65.6 Å². The lowest BCUT2D eigenvalue weighted by Crippen LogP contribution is -2.54. The number of piperazine rings is 2. The Balaban J connectivity index is 0.000000835. The van der Waals surface area contributed by atoms with Gasteiger partial charge in [-0.2, -0.15) is 13.2 Å². The number of rotatable bonds is 10. The molecule has 0 aromatic rings. The van der Waals surface area contributed by atoms with E-state index in [-0.39, 0.29) is 55.7 Å². The highest BCUT2D eigenvalue weighted by molar-refractivity contribution is 5.83. The summed E-state index contributed by atoms with van der Waals surface area (Å²) in [4.78, 5) is 84.7. The van der Waals surface area contributed by atoms with Gasteiger partial charge < -0.3 is 55.5 Å². The molecule has 2 aliphatic heterocycles. The Morgan fingerprint density at radius 2 is 0.961 bits per heavy atom. The smallest absolute Gasteiger partial charge is 0.481 e. The fourth-order valence-corrected chi connectivity index (χ4v) is 4.31. The molecule has 4 amide bonds. The SMILES string of the molecule is CCOC(=O)N1CCN(C(=O)[C@@H](N)CCC(=O)O)CC1.CCOC(=O)N1CCN(C(=O)[C@@H](N)CCC(=O)OC(C)(C)C)CC1.O=C(O)C(F)(F)F. The highest BCUT2D eigenvalue weighted by Gasteiger charge is 2.38. The minimum absolute atomic E-state index is 0.104. The van der Waals surface area contributed by atoms with Crippen LogP contribution in [0.4, 0.5) is 22.8 Å². The number of carbonyl (C=O) groups excluding carboxylic acids is 5. The molecule has 294 valence electrons. The van der Waals surface area contributed by atoms with E-state index in [4.69, 9.17) is 40.7 Å². The Hall–Kier alpha value is -4.40. The Bertz CT molecular complexity index is 1170. The van der Waals surface area contributed by atoms with E-state index in [2.05, 4.69) is 0 Å². The van der Waals surface area contributed by atoms with Gasteiger partial charge in [-0.3, -0.25) is 19.2 Å². The standard InChI is InChI=1S/C16H29N3O5.C12H21N3O5.C2HF3O2/c1-5-23-15(22)19-10-8-18(9-11-19)14(21)12(17)6-7-13(20)24-16(2,3)4;1-2-20-12(19)15-7-5-14(6-8-15)11(18)9(13)3-4-10(16)17;3-2(4,5)1(6)7/h12H,5-11,17H2,1-4H3;9H,2-8,13H2,1H3,(H,16,17);(H,6,7)/t12-;9-;/m00./s1. The predicted octanol–water partition coefficient (Wildman–Crippen LogP) is 0.849. The van der Waals surface area contributed by atoms with Gasteiger partial charge in [0.2, 0.25) is 11.8 Å². The number of nitrogens with zero attached hydrogens (tertiary/aromatic N) is 4. The largest absolute Gasteiger partial charge is 0.490 e. The molecule has 0 aromatic carbocycles. The lowest BCUT2D eigenvalue weighted by Gasteiger charge is -2.35. The summed E-state index contributed by atoms with van der Waals surface area (Å²) in [7, 11) is 0. The molecule has 2 aliphatic rings. The molecule has 2 rings (SSSR count). The molecular weight excluding hydrogens is 693 g/mol. The van der Waals surface area contributed by atoms with E-state index in [9.17, 15) is 41.9 Å². The maximum atomic E-state index is 12.3. The van der Waals surface area contributed by atoms with Crippen LogP contribution in [-0.2, 0) is 38.2 Å². The molecule has 0 saturated carbocycles. The van der Waals surface area contributed by atoms with Crippen LogP contribution in [0.15, 0.2) is 0 Å².